The number of hydrogen-bond acceptors (Lipinski definition) is 7. The Balaban J connectivity index is 1.39. The standard InChI is InChI=1S/C32H30N4O5/c37-25-12-14-27-28(18-25)31(23-10-8-22(9-11-23)19-34-16-4-5-17-34)35(20-26-13-15-30(41-26)36(39)40)21-29(27)32(38)33-24-6-2-1-3-7-24/h1-3,6-15,18,21,31,37H,4-5,16-17,19-20H2,(H,33,38). The molecule has 2 N–H and O–H groups in total. The average molecular weight is 551 g/mol. The highest BCUT2D eigenvalue weighted by molar-refractivity contribution is 6.25. The molecule has 1 amide bonds. The van der Waals surface area contributed by atoms with Crippen molar-refractivity contribution >= 4 is 23.1 Å². The number of amides is 1. The van der Waals surface area contributed by atoms with Crippen molar-refractivity contribution in [2.75, 3.05) is 18.4 Å². The molecule has 208 valence electrons. The average Bonchev–Trinajstić information content (AvgIpc) is 3.66. The largest absolute Gasteiger partial charge is 0.508 e. The molecule has 4 aromatic rings. The number of anilines is 1. The number of phenols is 1. The zero-order valence-electron chi connectivity index (χ0n) is 22.4. The summed E-state index contributed by atoms with van der Waals surface area (Å²) in [6, 6.07) is 25.1. The van der Waals surface area contributed by atoms with E-state index in [1.165, 1.54) is 24.5 Å². The first-order valence-corrected chi connectivity index (χ1v) is 13.7. The van der Waals surface area contributed by atoms with Gasteiger partial charge in [0.05, 0.1) is 24.2 Å². The Kier molecular flexibility index (Phi) is 7.26. The number of carbonyl (C=O) groups excluding carboxylic acids is 1. The predicted octanol–water partition coefficient (Wildman–Crippen LogP) is 6.07. The first-order valence-electron chi connectivity index (χ1n) is 13.7. The van der Waals surface area contributed by atoms with Crippen LogP contribution in [0, 0.1) is 10.1 Å². The Morgan fingerprint density at radius 2 is 1.73 bits per heavy atom. The van der Waals surface area contributed by atoms with Crippen molar-refractivity contribution in [3.05, 3.63) is 129 Å². The Labute approximate surface area is 237 Å². The third-order valence-electron chi connectivity index (χ3n) is 7.59. The SMILES string of the molecule is O=C(Nc1ccccc1)C1=CN(Cc2ccc([N+](=O)[O-])o2)C(c2ccc(CN3CCCC3)cc2)c2cc(O)ccc21. The second kappa shape index (κ2) is 11.3. The van der Waals surface area contributed by atoms with Crippen molar-refractivity contribution in [3.63, 3.8) is 0 Å². The Morgan fingerprint density at radius 3 is 2.44 bits per heavy atom. The molecule has 9 nitrogen and oxygen atoms in total. The molecule has 0 radical (unpaired) electrons. The number of nitrogens with one attached hydrogen (secondary N) is 1. The molecule has 3 aromatic carbocycles. The second-order valence-electron chi connectivity index (χ2n) is 10.4. The van der Waals surface area contributed by atoms with Gasteiger partial charge in [0.2, 0.25) is 0 Å². The lowest BCUT2D eigenvalue weighted by atomic mass is 9.86. The monoisotopic (exact) mass is 550 g/mol. The number of hydrogen-bond donors (Lipinski definition) is 2. The van der Waals surface area contributed by atoms with E-state index < -0.39 is 4.92 Å². The molecule has 0 spiro atoms. The molecule has 2 aliphatic rings. The van der Waals surface area contributed by atoms with Gasteiger partial charge >= 0.3 is 5.88 Å². The first kappa shape index (κ1) is 26.3. The molecule has 9 heteroatoms. The van der Waals surface area contributed by atoms with E-state index in [1.54, 1.807) is 30.5 Å². The van der Waals surface area contributed by atoms with Crippen molar-refractivity contribution in [2.24, 2.45) is 0 Å². The third kappa shape index (κ3) is 5.71. The lowest BCUT2D eigenvalue weighted by Gasteiger charge is -2.37. The maximum absolute atomic E-state index is 13.6. The summed E-state index contributed by atoms with van der Waals surface area (Å²) in [5.41, 5.74) is 4.69. The van der Waals surface area contributed by atoms with Crippen molar-refractivity contribution in [1.82, 2.24) is 9.80 Å². The number of likely N-dealkylation sites (tertiary alicyclic amines) is 1. The van der Waals surface area contributed by atoms with Crippen LogP contribution in [0.25, 0.3) is 5.57 Å². The van der Waals surface area contributed by atoms with E-state index in [2.05, 4.69) is 34.5 Å². The van der Waals surface area contributed by atoms with Gasteiger partial charge in [-0.15, -0.1) is 0 Å². The second-order valence-corrected chi connectivity index (χ2v) is 10.4. The minimum absolute atomic E-state index is 0.0812. The molecule has 1 atom stereocenters. The van der Waals surface area contributed by atoms with E-state index in [4.69, 9.17) is 4.42 Å². The number of furan rings is 1. The highest BCUT2D eigenvalue weighted by Crippen LogP contribution is 2.42. The number of carbonyl (C=O) groups is 1. The van der Waals surface area contributed by atoms with Crippen LogP contribution >= 0.6 is 0 Å². The summed E-state index contributed by atoms with van der Waals surface area (Å²) in [4.78, 5) is 28.6. The maximum atomic E-state index is 13.6. The van der Waals surface area contributed by atoms with Gasteiger partial charge in [-0.3, -0.25) is 19.8 Å². The highest BCUT2D eigenvalue weighted by Gasteiger charge is 2.32. The van der Waals surface area contributed by atoms with Crippen molar-refractivity contribution < 1.29 is 19.2 Å². The molecule has 2 aliphatic heterocycles. The van der Waals surface area contributed by atoms with Crippen LogP contribution in [-0.2, 0) is 17.9 Å². The number of phenolic OH excluding ortho intramolecular Hbond substituents is 1. The zero-order valence-corrected chi connectivity index (χ0v) is 22.4. The number of aromatic hydroxyl groups is 1. The molecule has 0 saturated carbocycles. The van der Waals surface area contributed by atoms with Gasteiger partial charge in [-0.05, 0) is 78.5 Å². The van der Waals surface area contributed by atoms with Gasteiger partial charge in [0, 0.05) is 18.4 Å². The molecule has 1 aromatic heterocycles. The van der Waals surface area contributed by atoms with Gasteiger partial charge in [0.25, 0.3) is 5.91 Å². The number of nitro groups is 1. The number of nitrogens with zero attached hydrogens (tertiary/aromatic N) is 3. The Morgan fingerprint density at radius 1 is 0.976 bits per heavy atom. The summed E-state index contributed by atoms with van der Waals surface area (Å²) in [5, 5.41) is 24.7. The van der Waals surface area contributed by atoms with Gasteiger partial charge in [0.15, 0.2) is 0 Å². The minimum Gasteiger partial charge on any atom is -0.508 e. The van der Waals surface area contributed by atoms with Gasteiger partial charge in [0.1, 0.15) is 16.4 Å². The van der Waals surface area contributed by atoms with E-state index in [9.17, 15) is 20.0 Å². The van der Waals surface area contributed by atoms with E-state index in [1.807, 2.05) is 35.2 Å². The van der Waals surface area contributed by atoms with Crippen LogP contribution in [0.5, 0.6) is 5.75 Å². The molecule has 1 unspecified atom stereocenters. The van der Waals surface area contributed by atoms with Crippen molar-refractivity contribution in [2.45, 2.75) is 32.0 Å². The van der Waals surface area contributed by atoms with Gasteiger partial charge in [-0.1, -0.05) is 48.5 Å². The Hall–Kier alpha value is -4.89. The smallest absolute Gasteiger partial charge is 0.433 e. The predicted molar refractivity (Wildman–Crippen MR) is 155 cm³/mol. The summed E-state index contributed by atoms with van der Waals surface area (Å²) in [7, 11) is 0. The molecule has 41 heavy (non-hydrogen) atoms. The molecule has 6 rings (SSSR count). The number of fused-ring (bicyclic) bond motifs is 1. The lowest BCUT2D eigenvalue weighted by Crippen LogP contribution is -2.31. The summed E-state index contributed by atoms with van der Waals surface area (Å²) in [6.07, 6.45) is 4.23. The quantitative estimate of drug-likeness (QED) is 0.202. The highest BCUT2D eigenvalue weighted by atomic mass is 16.6. The zero-order chi connectivity index (χ0) is 28.3. The molecule has 3 heterocycles. The van der Waals surface area contributed by atoms with Crippen LogP contribution in [0.2, 0.25) is 0 Å². The van der Waals surface area contributed by atoms with Crippen LogP contribution in [0.3, 0.4) is 0 Å². The van der Waals surface area contributed by atoms with Crippen LogP contribution in [-0.4, -0.2) is 38.8 Å². The molecular weight excluding hydrogens is 520 g/mol. The summed E-state index contributed by atoms with van der Waals surface area (Å²) < 4.78 is 5.50. The topological polar surface area (TPSA) is 112 Å². The molecule has 0 bridgehead atoms. The van der Waals surface area contributed by atoms with E-state index in [0.717, 1.165) is 30.8 Å². The summed E-state index contributed by atoms with van der Waals surface area (Å²) in [6.45, 7) is 3.29. The minimum atomic E-state index is -0.571. The van der Waals surface area contributed by atoms with Crippen LogP contribution < -0.4 is 5.32 Å². The number of para-hydroxylation sites is 1. The molecule has 0 aliphatic carbocycles. The van der Waals surface area contributed by atoms with Crippen LogP contribution in [0.1, 0.15) is 46.9 Å². The molecule has 1 saturated heterocycles. The first-order chi connectivity index (χ1) is 19.9. The van der Waals surface area contributed by atoms with Crippen LogP contribution in [0.4, 0.5) is 11.6 Å². The number of benzene rings is 3. The molecule has 1 fully saturated rings. The number of rotatable bonds is 8. The fourth-order valence-corrected chi connectivity index (χ4v) is 5.65. The normalized spacial score (nSPS) is 16.7. The van der Waals surface area contributed by atoms with Crippen LogP contribution in [0.15, 0.2) is 95.5 Å². The fourth-order valence-electron chi connectivity index (χ4n) is 5.65. The third-order valence-corrected chi connectivity index (χ3v) is 7.59. The molecular formula is C32H30N4O5. The van der Waals surface area contributed by atoms with Gasteiger partial charge in [-0.2, -0.15) is 0 Å². The summed E-state index contributed by atoms with van der Waals surface area (Å²) in [5.74, 6) is -0.186. The summed E-state index contributed by atoms with van der Waals surface area (Å²) >= 11 is 0. The maximum Gasteiger partial charge on any atom is 0.433 e. The Bertz CT molecular complexity index is 1590. The van der Waals surface area contributed by atoms with Gasteiger partial charge < -0.3 is 19.7 Å². The van der Waals surface area contributed by atoms with Gasteiger partial charge in [-0.25, -0.2) is 0 Å². The van der Waals surface area contributed by atoms with Crippen molar-refractivity contribution in [1.29, 1.82) is 0 Å². The van der Waals surface area contributed by atoms with Crippen molar-refractivity contribution in [3.8, 4) is 5.75 Å². The van der Waals surface area contributed by atoms with E-state index in [0.29, 0.717) is 22.6 Å². The van der Waals surface area contributed by atoms with E-state index in [-0.39, 0.29) is 30.1 Å². The fraction of sp³-hybridized carbons (Fsp3) is 0.219. The van der Waals surface area contributed by atoms with E-state index >= 15 is 0 Å². The lowest BCUT2D eigenvalue weighted by molar-refractivity contribution is -0.402.